The van der Waals surface area contributed by atoms with Crippen LogP contribution in [0.1, 0.15) is 44.2 Å². The number of nitrogens with one attached hydrogen (secondary N) is 1. The van der Waals surface area contributed by atoms with Crippen LogP contribution in [0.5, 0.6) is 5.75 Å². The van der Waals surface area contributed by atoms with Gasteiger partial charge in [0, 0.05) is 18.7 Å². The van der Waals surface area contributed by atoms with Gasteiger partial charge in [-0.2, -0.15) is 0 Å². The van der Waals surface area contributed by atoms with Gasteiger partial charge in [-0.25, -0.2) is 4.99 Å². The molecule has 1 aliphatic rings. The van der Waals surface area contributed by atoms with E-state index in [4.69, 9.17) is 15.2 Å². The first-order valence-corrected chi connectivity index (χ1v) is 8.92. The second kappa shape index (κ2) is 11.6. The lowest BCUT2D eigenvalue weighted by atomic mass is 10.1. The van der Waals surface area contributed by atoms with Crippen LogP contribution in [0.25, 0.3) is 0 Å². The maximum atomic E-state index is 5.99. The highest BCUT2D eigenvalue weighted by atomic mass is 127. The van der Waals surface area contributed by atoms with Gasteiger partial charge in [0.05, 0.1) is 12.6 Å². The van der Waals surface area contributed by atoms with Crippen LogP contribution in [0.4, 0.5) is 0 Å². The predicted octanol–water partition coefficient (Wildman–Crippen LogP) is 3.62. The summed E-state index contributed by atoms with van der Waals surface area (Å²) in [6.45, 7) is 9.26. The minimum Gasteiger partial charge on any atom is -0.491 e. The SMILES string of the molecule is Cc1ccc(CN=C(N)NCCC(C)C)c(OCC2CCCO2)c1.I. The van der Waals surface area contributed by atoms with Crippen molar-refractivity contribution in [1.82, 2.24) is 5.32 Å². The third kappa shape index (κ3) is 8.27. The second-order valence-corrected chi connectivity index (χ2v) is 6.87. The highest BCUT2D eigenvalue weighted by molar-refractivity contribution is 14.0. The summed E-state index contributed by atoms with van der Waals surface area (Å²) in [6.07, 6.45) is 3.49. The molecule has 0 saturated carbocycles. The van der Waals surface area contributed by atoms with E-state index in [1.54, 1.807) is 0 Å². The molecule has 1 unspecified atom stereocenters. The van der Waals surface area contributed by atoms with E-state index in [1.165, 1.54) is 5.56 Å². The summed E-state index contributed by atoms with van der Waals surface area (Å²) in [7, 11) is 0. The van der Waals surface area contributed by atoms with E-state index in [0.29, 0.717) is 25.0 Å². The lowest BCUT2D eigenvalue weighted by molar-refractivity contribution is 0.0676. The normalized spacial score (nSPS) is 17.4. The summed E-state index contributed by atoms with van der Waals surface area (Å²) in [4.78, 5) is 4.43. The Bertz CT molecular complexity index is 543. The number of benzene rings is 1. The molecule has 142 valence electrons. The smallest absolute Gasteiger partial charge is 0.188 e. The third-order valence-electron chi connectivity index (χ3n) is 4.12. The summed E-state index contributed by atoms with van der Waals surface area (Å²) in [5, 5.41) is 3.16. The van der Waals surface area contributed by atoms with Gasteiger partial charge in [-0.3, -0.25) is 0 Å². The standard InChI is InChI=1S/C19H31N3O2.HI/c1-14(2)8-9-21-19(20)22-12-16-7-6-15(3)11-18(16)24-13-17-5-4-10-23-17;/h6-7,11,14,17H,4-5,8-10,12-13H2,1-3H3,(H3,20,21,22);1H. The third-order valence-corrected chi connectivity index (χ3v) is 4.12. The van der Waals surface area contributed by atoms with Gasteiger partial charge in [0.1, 0.15) is 12.4 Å². The Morgan fingerprint density at radius 3 is 2.92 bits per heavy atom. The number of aryl methyl sites for hydroxylation is 1. The number of halogens is 1. The fourth-order valence-electron chi connectivity index (χ4n) is 2.60. The molecule has 1 aromatic rings. The second-order valence-electron chi connectivity index (χ2n) is 6.87. The first-order chi connectivity index (χ1) is 11.5. The monoisotopic (exact) mass is 461 g/mol. The molecular formula is C19H32IN3O2. The van der Waals surface area contributed by atoms with Crippen LogP contribution in [0.15, 0.2) is 23.2 Å². The van der Waals surface area contributed by atoms with Gasteiger partial charge in [0.25, 0.3) is 0 Å². The molecule has 6 heteroatoms. The summed E-state index contributed by atoms with van der Waals surface area (Å²) in [5.74, 6) is 2.02. The van der Waals surface area contributed by atoms with Crippen LogP contribution < -0.4 is 15.8 Å². The number of nitrogens with two attached hydrogens (primary N) is 1. The Kier molecular flexibility index (Phi) is 10.2. The first-order valence-electron chi connectivity index (χ1n) is 8.92. The molecule has 5 nitrogen and oxygen atoms in total. The van der Waals surface area contributed by atoms with Crippen LogP contribution in [-0.4, -0.2) is 31.8 Å². The van der Waals surface area contributed by atoms with Gasteiger partial charge in [-0.15, -0.1) is 24.0 Å². The molecule has 0 spiro atoms. The summed E-state index contributed by atoms with van der Waals surface area (Å²) in [5.41, 5.74) is 8.16. The lowest BCUT2D eigenvalue weighted by Gasteiger charge is -2.15. The molecule has 1 heterocycles. The Balaban J connectivity index is 0.00000312. The molecule has 3 N–H and O–H groups in total. The first kappa shape index (κ1) is 22.0. The molecule has 0 amide bonds. The van der Waals surface area contributed by atoms with Crippen molar-refractivity contribution in [2.75, 3.05) is 19.8 Å². The molecule has 0 aliphatic carbocycles. The number of guanidine groups is 1. The molecule has 1 fully saturated rings. The van der Waals surface area contributed by atoms with E-state index >= 15 is 0 Å². The average Bonchev–Trinajstić information content (AvgIpc) is 3.05. The topological polar surface area (TPSA) is 68.9 Å². The largest absolute Gasteiger partial charge is 0.491 e. The molecule has 1 saturated heterocycles. The highest BCUT2D eigenvalue weighted by Crippen LogP contribution is 2.23. The van der Waals surface area contributed by atoms with Crippen molar-refractivity contribution < 1.29 is 9.47 Å². The Morgan fingerprint density at radius 2 is 2.24 bits per heavy atom. The van der Waals surface area contributed by atoms with Crippen molar-refractivity contribution in [2.45, 2.75) is 52.7 Å². The molecule has 0 bridgehead atoms. The van der Waals surface area contributed by atoms with Gasteiger partial charge in [0.2, 0.25) is 0 Å². The fraction of sp³-hybridized carbons (Fsp3) is 0.632. The zero-order valence-corrected chi connectivity index (χ0v) is 17.9. The van der Waals surface area contributed by atoms with Crippen LogP contribution >= 0.6 is 24.0 Å². The van der Waals surface area contributed by atoms with Crippen LogP contribution in [-0.2, 0) is 11.3 Å². The Morgan fingerprint density at radius 1 is 1.44 bits per heavy atom. The van der Waals surface area contributed by atoms with Crippen molar-refractivity contribution in [1.29, 1.82) is 0 Å². The van der Waals surface area contributed by atoms with E-state index in [1.807, 2.05) is 0 Å². The van der Waals surface area contributed by atoms with Crippen molar-refractivity contribution in [3.05, 3.63) is 29.3 Å². The average molecular weight is 461 g/mol. The maximum absolute atomic E-state index is 5.99. The van der Waals surface area contributed by atoms with Crippen molar-refractivity contribution in [2.24, 2.45) is 16.6 Å². The van der Waals surface area contributed by atoms with Crippen molar-refractivity contribution >= 4 is 29.9 Å². The minimum atomic E-state index is 0. The quantitative estimate of drug-likeness (QED) is 0.353. The van der Waals surface area contributed by atoms with Crippen molar-refractivity contribution in [3.63, 3.8) is 0 Å². The van der Waals surface area contributed by atoms with E-state index in [-0.39, 0.29) is 30.1 Å². The van der Waals surface area contributed by atoms with Gasteiger partial charge in [-0.1, -0.05) is 26.0 Å². The molecule has 25 heavy (non-hydrogen) atoms. The van der Waals surface area contributed by atoms with E-state index in [0.717, 1.165) is 43.7 Å². The highest BCUT2D eigenvalue weighted by Gasteiger charge is 2.16. The predicted molar refractivity (Wildman–Crippen MR) is 114 cm³/mol. The summed E-state index contributed by atoms with van der Waals surface area (Å²) in [6, 6.07) is 6.19. The number of rotatable bonds is 8. The number of nitrogens with zero attached hydrogens (tertiary/aromatic N) is 1. The number of ether oxygens (including phenoxy) is 2. The number of hydrogen-bond donors (Lipinski definition) is 2. The van der Waals surface area contributed by atoms with E-state index in [2.05, 4.69) is 49.3 Å². The zero-order chi connectivity index (χ0) is 17.4. The van der Waals surface area contributed by atoms with Gasteiger partial charge < -0.3 is 20.5 Å². The minimum absolute atomic E-state index is 0. The summed E-state index contributed by atoms with van der Waals surface area (Å²) < 4.78 is 11.6. The molecule has 2 rings (SSSR count). The number of hydrogen-bond acceptors (Lipinski definition) is 3. The molecular weight excluding hydrogens is 429 g/mol. The van der Waals surface area contributed by atoms with Crippen molar-refractivity contribution in [3.8, 4) is 5.75 Å². The maximum Gasteiger partial charge on any atom is 0.188 e. The summed E-state index contributed by atoms with van der Waals surface area (Å²) >= 11 is 0. The molecule has 1 atom stereocenters. The molecule has 1 aliphatic heterocycles. The van der Waals surface area contributed by atoms with E-state index in [9.17, 15) is 0 Å². The lowest BCUT2D eigenvalue weighted by Crippen LogP contribution is -2.32. The van der Waals surface area contributed by atoms with Gasteiger partial charge >= 0.3 is 0 Å². The molecule has 1 aromatic carbocycles. The number of aliphatic imine (C=N–C) groups is 1. The van der Waals surface area contributed by atoms with Crippen LogP contribution in [0.3, 0.4) is 0 Å². The van der Waals surface area contributed by atoms with E-state index < -0.39 is 0 Å². The van der Waals surface area contributed by atoms with Gasteiger partial charge in [0.15, 0.2) is 5.96 Å². The fourth-order valence-corrected chi connectivity index (χ4v) is 2.60. The van der Waals surface area contributed by atoms with Crippen LogP contribution in [0.2, 0.25) is 0 Å². The molecule has 0 radical (unpaired) electrons. The molecule has 0 aromatic heterocycles. The Hall–Kier alpha value is -1.02. The van der Waals surface area contributed by atoms with Gasteiger partial charge in [-0.05, 0) is 43.7 Å². The zero-order valence-electron chi connectivity index (χ0n) is 15.6. The van der Waals surface area contributed by atoms with Crippen LogP contribution in [0, 0.1) is 12.8 Å². The Labute approximate surface area is 168 Å².